The number of nitrogens with zero attached hydrogens (tertiary/aromatic N) is 1. The van der Waals surface area contributed by atoms with Gasteiger partial charge in [-0.3, -0.25) is 14.4 Å². The number of amides is 2. The lowest BCUT2D eigenvalue weighted by Crippen LogP contribution is -2.30. The summed E-state index contributed by atoms with van der Waals surface area (Å²) >= 11 is 0. The molecule has 0 saturated carbocycles. The molecule has 2 rings (SSSR count). The van der Waals surface area contributed by atoms with E-state index in [1.165, 1.54) is 0 Å². The van der Waals surface area contributed by atoms with Gasteiger partial charge < -0.3 is 15.0 Å². The fraction of sp³-hybridized carbons (Fsp3) is 0.250. The van der Waals surface area contributed by atoms with E-state index in [9.17, 15) is 14.4 Å². The lowest BCUT2D eigenvalue weighted by Gasteiger charge is -2.21. The van der Waals surface area contributed by atoms with Crippen LogP contribution in [0.3, 0.4) is 0 Å². The van der Waals surface area contributed by atoms with Crippen molar-refractivity contribution in [2.24, 2.45) is 0 Å². The third kappa shape index (κ3) is 5.17. The molecule has 0 heterocycles. The molecule has 6 nitrogen and oxygen atoms in total. The summed E-state index contributed by atoms with van der Waals surface area (Å²) in [5, 5.41) is 2.61. The third-order valence-corrected chi connectivity index (χ3v) is 3.66. The minimum Gasteiger partial charge on any atom is -0.466 e. The Morgan fingerprint density at radius 2 is 1.62 bits per heavy atom. The van der Waals surface area contributed by atoms with Gasteiger partial charge in [-0.2, -0.15) is 0 Å². The Labute approximate surface area is 152 Å². The van der Waals surface area contributed by atoms with Gasteiger partial charge in [0.15, 0.2) is 0 Å². The molecule has 2 aromatic carbocycles. The van der Waals surface area contributed by atoms with Gasteiger partial charge in [0.1, 0.15) is 6.42 Å². The normalized spacial score (nSPS) is 10.1. The molecule has 0 radical (unpaired) electrons. The molecule has 0 atom stereocenters. The van der Waals surface area contributed by atoms with Crippen molar-refractivity contribution < 1.29 is 19.1 Å². The molecule has 0 aliphatic heterocycles. The molecule has 136 valence electrons. The summed E-state index contributed by atoms with van der Waals surface area (Å²) in [6.45, 7) is 4.37. The SMILES string of the molecule is CCOC(=O)CC(=O)Nc1ccc(C(=O)N(CC)c2ccccc2)cc1. The van der Waals surface area contributed by atoms with Gasteiger partial charge in [0.25, 0.3) is 5.91 Å². The first-order chi connectivity index (χ1) is 12.5. The summed E-state index contributed by atoms with van der Waals surface area (Å²) in [6, 6.07) is 16.0. The van der Waals surface area contributed by atoms with Crippen LogP contribution in [-0.4, -0.2) is 30.9 Å². The van der Waals surface area contributed by atoms with Crippen LogP contribution in [0.2, 0.25) is 0 Å². The van der Waals surface area contributed by atoms with Crippen LogP contribution >= 0.6 is 0 Å². The predicted octanol–water partition coefficient (Wildman–Crippen LogP) is 3.25. The topological polar surface area (TPSA) is 75.7 Å². The Morgan fingerprint density at radius 1 is 0.962 bits per heavy atom. The average molecular weight is 354 g/mol. The molecule has 0 saturated heterocycles. The second kappa shape index (κ2) is 9.36. The first-order valence-electron chi connectivity index (χ1n) is 8.47. The monoisotopic (exact) mass is 354 g/mol. The molecule has 1 N–H and O–H groups in total. The number of para-hydroxylation sites is 1. The number of hydrogen-bond acceptors (Lipinski definition) is 4. The number of benzene rings is 2. The first kappa shape index (κ1) is 19.2. The number of anilines is 2. The molecule has 0 aliphatic rings. The number of carbonyl (C=O) groups is 3. The van der Waals surface area contributed by atoms with Gasteiger partial charge in [-0.25, -0.2) is 0 Å². The van der Waals surface area contributed by atoms with Crippen LogP contribution in [0.1, 0.15) is 30.6 Å². The number of carbonyl (C=O) groups excluding carboxylic acids is 3. The van der Waals surface area contributed by atoms with E-state index < -0.39 is 11.9 Å². The van der Waals surface area contributed by atoms with E-state index in [0.29, 0.717) is 17.8 Å². The number of rotatable bonds is 7. The molecule has 2 aromatic rings. The Bertz CT molecular complexity index is 757. The molecular weight excluding hydrogens is 332 g/mol. The summed E-state index contributed by atoms with van der Waals surface area (Å²) in [4.78, 5) is 37.4. The number of ether oxygens (including phenoxy) is 1. The van der Waals surface area contributed by atoms with E-state index in [1.54, 1.807) is 36.1 Å². The lowest BCUT2D eigenvalue weighted by atomic mass is 10.1. The lowest BCUT2D eigenvalue weighted by molar-refractivity contribution is -0.145. The number of nitrogens with one attached hydrogen (secondary N) is 1. The van der Waals surface area contributed by atoms with Crippen LogP contribution in [0.25, 0.3) is 0 Å². The molecule has 26 heavy (non-hydrogen) atoms. The van der Waals surface area contributed by atoms with Crippen LogP contribution in [0.15, 0.2) is 54.6 Å². The number of hydrogen-bond donors (Lipinski definition) is 1. The van der Waals surface area contributed by atoms with Crippen LogP contribution in [0.4, 0.5) is 11.4 Å². The largest absolute Gasteiger partial charge is 0.466 e. The van der Waals surface area contributed by atoms with Crippen molar-refractivity contribution in [3.8, 4) is 0 Å². The zero-order chi connectivity index (χ0) is 18.9. The van der Waals surface area contributed by atoms with Gasteiger partial charge in [-0.15, -0.1) is 0 Å². The second-order valence-corrected chi connectivity index (χ2v) is 5.49. The summed E-state index contributed by atoms with van der Waals surface area (Å²) in [5.74, 6) is -1.15. The molecule has 0 unspecified atom stereocenters. The van der Waals surface area contributed by atoms with Crippen molar-refractivity contribution in [3.05, 3.63) is 60.2 Å². The fourth-order valence-corrected chi connectivity index (χ4v) is 2.45. The summed E-state index contributed by atoms with van der Waals surface area (Å²) in [5.41, 5.74) is 1.85. The van der Waals surface area contributed by atoms with E-state index in [1.807, 2.05) is 37.3 Å². The molecule has 0 aliphatic carbocycles. The van der Waals surface area contributed by atoms with Crippen molar-refractivity contribution in [3.63, 3.8) is 0 Å². The zero-order valence-corrected chi connectivity index (χ0v) is 14.9. The van der Waals surface area contributed by atoms with E-state index in [-0.39, 0.29) is 18.9 Å². The van der Waals surface area contributed by atoms with Crippen molar-refractivity contribution in [2.75, 3.05) is 23.4 Å². The van der Waals surface area contributed by atoms with E-state index in [0.717, 1.165) is 5.69 Å². The maximum atomic E-state index is 12.7. The van der Waals surface area contributed by atoms with Crippen molar-refractivity contribution in [2.45, 2.75) is 20.3 Å². The maximum absolute atomic E-state index is 12.7. The Hall–Kier alpha value is -3.15. The standard InChI is InChI=1S/C20H22N2O4/c1-3-22(17-8-6-5-7-9-17)20(25)15-10-12-16(13-11-15)21-18(23)14-19(24)26-4-2/h5-13H,3-4,14H2,1-2H3,(H,21,23). The van der Waals surface area contributed by atoms with Gasteiger partial charge in [0.05, 0.1) is 6.61 Å². The summed E-state index contributed by atoms with van der Waals surface area (Å²) in [7, 11) is 0. The fourth-order valence-electron chi connectivity index (χ4n) is 2.45. The highest BCUT2D eigenvalue weighted by molar-refractivity contribution is 6.06. The molecule has 0 spiro atoms. The van der Waals surface area contributed by atoms with E-state index in [2.05, 4.69) is 5.32 Å². The predicted molar refractivity (Wildman–Crippen MR) is 100 cm³/mol. The van der Waals surface area contributed by atoms with Crippen molar-refractivity contribution in [1.82, 2.24) is 0 Å². The van der Waals surface area contributed by atoms with Crippen molar-refractivity contribution >= 4 is 29.2 Å². The molecule has 0 fully saturated rings. The summed E-state index contributed by atoms with van der Waals surface area (Å²) < 4.78 is 4.73. The molecular formula is C20H22N2O4. The molecule has 6 heteroatoms. The van der Waals surface area contributed by atoms with Crippen LogP contribution in [0.5, 0.6) is 0 Å². The minimum atomic E-state index is -0.571. The zero-order valence-electron chi connectivity index (χ0n) is 14.9. The van der Waals surface area contributed by atoms with Crippen LogP contribution < -0.4 is 10.2 Å². The van der Waals surface area contributed by atoms with Gasteiger partial charge in [0.2, 0.25) is 5.91 Å². The smallest absolute Gasteiger partial charge is 0.315 e. The second-order valence-electron chi connectivity index (χ2n) is 5.49. The molecule has 0 aromatic heterocycles. The molecule has 0 bridgehead atoms. The highest BCUT2D eigenvalue weighted by atomic mass is 16.5. The quantitative estimate of drug-likeness (QED) is 0.612. The third-order valence-electron chi connectivity index (χ3n) is 3.66. The van der Waals surface area contributed by atoms with Gasteiger partial charge >= 0.3 is 5.97 Å². The Kier molecular flexibility index (Phi) is 6.91. The van der Waals surface area contributed by atoms with Gasteiger partial charge in [-0.1, -0.05) is 18.2 Å². The van der Waals surface area contributed by atoms with Crippen molar-refractivity contribution in [1.29, 1.82) is 0 Å². The van der Waals surface area contributed by atoms with Gasteiger partial charge in [0, 0.05) is 23.5 Å². The highest BCUT2D eigenvalue weighted by Gasteiger charge is 2.16. The van der Waals surface area contributed by atoms with E-state index in [4.69, 9.17) is 4.74 Å². The Balaban J connectivity index is 2.03. The Morgan fingerprint density at radius 3 is 2.19 bits per heavy atom. The summed E-state index contributed by atoms with van der Waals surface area (Å²) in [6.07, 6.45) is -0.341. The van der Waals surface area contributed by atoms with E-state index >= 15 is 0 Å². The van der Waals surface area contributed by atoms with Gasteiger partial charge in [-0.05, 0) is 50.2 Å². The average Bonchev–Trinajstić information content (AvgIpc) is 2.63. The van der Waals surface area contributed by atoms with Crippen LogP contribution in [0, 0.1) is 0 Å². The highest BCUT2D eigenvalue weighted by Crippen LogP contribution is 2.18. The molecule has 2 amide bonds. The first-order valence-corrected chi connectivity index (χ1v) is 8.47. The van der Waals surface area contributed by atoms with Crippen LogP contribution in [-0.2, 0) is 14.3 Å². The minimum absolute atomic E-state index is 0.122. The number of esters is 1. The maximum Gasteiger partial charge on any atom is 0.315 e.